The van der Waals surface area contributed by atoms with Gasteiger partial charge in [-0.2, -0.15) is 0 Å². The molecule has 108 valence electrons. The van der Waals surface area contributed by atoms with Gasteiger partial charge in [-0.05, 0) is 19.3 Å². The Bertz CT molecular complexity index is 294. The van der Waals surface area contributed by atoms with Gasteiger partial charge < -0.3 is 4.74 Å². The van der Waals surface area contributed by atoms with Crippen LogP contribution in [0.2, 0.25) is 0 Å². The molecule has 0 aromatic carbocycles. The van der Waals surface area contributed by atoms with Gasteiger partial charge in [-0.3, -0.25) is 4.79 Å². The van der Waals surface area contributed by atoms with Crippen LogP contribution in [0, 0.1) is 11.8 Å². The molecule has 0 bridgehead atoms. The summed E-state index contributed by atoms with van der Waals surface area (Å²) in [5.74, 6) is 6.19. The zero-order valence-electron chi connectivity index (χ0n) is 12.5. The summed E-state index contributed by atoms with van der Waals surface area (Å²) in [4.78, 5) is 10.5. The van der Waals surface area contributed by atoms with Gasteiger partial charge in [0.25, 0.3) is 0 Å². The van der Waals surface area contributed by atoms with Gasteiger partial charge in [-0.25, -0.2) is 0 Å². The minimum Gasteiger partial charge on any atom is -0.466 e. The third kappa shape index (κ3) is 16.8. The smallest absolute Gasteiger partial charge is 0.302 e. The van der Waals surface area contributed by atoms with Gasteiger partial charge in [0.1, 0.15) is 0 Å². The lowest BCUT2D eigenvalue weighted by Crippen LogP contribution is -1.99. The molecule has 0 aliphatic rings. The summed E-state index contributed by atoms with van der Waals surface area (Å²) in [6.45, 7) is 4.22. The zero-order chi connectivity index (χ0) is 14.2. The Morgan fingerprint density at radius 2 is 1.84 bits per heavy atom. The molecule has 0 unspecified atom stereocenters. The number of carbonyl (C=O) groups excluding carboxylic acids is 1. The van der Waals surface area contributed by atoms with E-state index in [0.717, 1.165) is 32.1 Å². The van der Waals surface area contributed by atoms with Crippen molar-refractivity contribution in [3.05, 3.63) is 12.2 Å². The van der Waals surface area contributed by atoms with Crippen molar-refractivity contribution in [3.8, 4) is 11.8 Å². The third-order valence-electron chi connectivity index (χ3n) is 2.74. The van der Waals surface area contributed by atoms with Crippen LogP contribution in [0.4, 0.5) is 0 Å². The lowest BCUT2D eigenvalue weighted by Gasteiger charge is -2.00. The fourth-order valence-electron chi connectivity index (χ4n) is 1.63. The highest BCUT2D eigenvalue weighted by Gasteiger charge is 1.92. The van der Waals surface area contributed by atoms with Crippen LogP contribution in [0.5, 0.6) is 0 Å². The van der Waals surface area contributed by atoms with E-state index in [1.165, 1.54) is 32.6 Å². The second-order valence-electron chi connectivity index (χ2n) is 4.68. The summed E-state index contributed by atoms with van der Waals surface area (Å²) in [7, 11) is 0. The summed E-state index contributed by atoms with van der Waals surface area (Å²) >= 11 is 0. The third-order valence-corrected chi connectivity index (χ3v) is 2.74. The van der Waals surface area contributed by atoms with E-state index in [1.807, 2.05) is 0 Å². The van der Waals surface area contributed by atoms with E-state index in [9.17, 15) is 4.79 Å². The summed E-state index contributed by atoms with van der Waals surface area (Å²) in [6, 6.07) is 0. The van der Waals surface area contributed by atoms with Crippen LogP contribution >= 0.6 is 0 Å². The van der Waals surface area contributed by atoms with E-state index in [1.54, 1.807) is 0 Å². The topological polar surface area (TPSA) is 26.3 Å². The highest BCUT2D eigenvalue weighted by Crippen LogP contribution is 2.02. The van der Waals surface area contributed by atoms with Gasteiger partial charge in [0, 0.05) is 19.8 Å². The average molecular weight is 264 g/mol. The summed E-state index contributed by atoms with van der Waals surface area (Å²) in [5.41, 5.74) is 0. The molecule has 0 aromatic heterocycles. The molecule has 0 radical (unpaired) electrons. The van der Waals surface area contributed by atoms with Crippen LogP contribution in [0.15, 0.2) is 12.2 Å². The average Bonchev–Trinajstić information content (AvgIpc) is 2.39. The number of hydrogen-bond donors (Lipinski definition) is 0. The molecule has 0 N–H and O–H groups in total. The molecule has 0 spiro atoms. The molecule has 0 saturated carbocycles. The first kappa shape index (κ1) is 17.8. The predicted molar refractivity (Wildman–Crippen MR) is 80.8 cm³/mol. The van der Waals surface area contributed by atoms with Crippen LogP contribution < -0.4 is 0 Å². The van der Waals surface area contributed by atoms with Gasteiger partial charge in [-0.1, -0.05) is 50.7 Å². The first-order valence-electron chi connectivity index (χ1n) is 7.51. The van der Waals surface area contributed by atoms with Crippen LogP contribution in [0.25, 0.3) is 0 Å². The maximum absolute atomic E-state index is 10.5. The Balaban J connectivity index is 3.21. The van der Waals surface area contributed by atoms with Gasteiger partial charge in [0.15, 0.2) is 0 Å². The molecule has 0 amide bonds. The summed E-state index contributed by atoms with van der Waals surface area (Å²) < 4.78 is 4.87. The first-order chi connectivity index (χ1) is 9.27. The number of ether oxygens (including phenoxy) is 1. The number of hydrogen-bond acceptors (Lipinski definition) is 2. The molecule has 19 heavy (non-hydrogen) atoms. The Morgan fingerprint density at radius 1 is 1.05 bits per heavy atom. The fourth-order valence-corrected chi connectivity index (χ4v) is 1.63. The lowest BCUT2D eigenvalue weighted by atomic mass is 10.1. The molecule has 0 aromatic rings. The molecule has 2 heteroatoms. The largest absolute Gasteiger partial charge is 0.466 e. The van der Waals surface area contributed by atoms with Gasteiger partial charge in [0.05, 0.1) is 6.61 Å². The van der Waals surface area contributed by atoms with E-state index < -0.39 is 0 Å². The number of esters is 1. The molecule has 2 nitrogen and oxygen atoms in total. The Hall–Kier alpha value is -1.23. The highest BCUT2D eigenvalue weighted by molar-refractivity contribution is 5.65. The lowest BCUT2D eigenvalue weighted by molar-refractivity contribution is -0.141. The van der Waals surface area contributed by atoms with Gasteiger partial charge in [-0.15, -0.1) is 5.92 Å². The molecule has 0 fully saturated rings. The van der Waals surface area contributed by atoms with Gasteiger partial charge in [0.2, 0.25) is 0 Å². The number of rotatable bonds is 10. The van der Waals surface area contributed by atoms with Crippen molar-refractivity contribution >= 4 is 5.97 Å². The molecule has 0 saturated heterocycles. The maximum atomic E-state index is 10.5. The minimum absolute atomic E-state index is 0.183. The number of unbranched alkanes of at least 4 members (excludes halogenated alkanes) is 6. The fraction of sp³-hybridized carbons (Fsp3) is 0.706. The van der Waals surface area contributed by atoms with Crippen molar-refractivity contribution < 1.29 is 9.53 Å². The molecule has 0 rings (SSSR count). The number of carbonyl (C=O) groups is 1. The molecule has 0 atom stereocenters. The monoisotopic (exact) mass is 264 g/mol. The van der Waals surface area contributed by atoms with Crippen LogP contribution in [0.3, 0.4) is 0 Å². The van der Waals surface area contributed by atoms with E-state index in [4.69, 9.17) is 4.74 Å². The van der Waals surface area contributed by atoms with Crippen molar-refractivity contribution in [3.63, 3.8) is 0 Å². The Morgan fingerprint density at radius 3 is 2.58 bits per heavy atom. The highest BCUT2D eigenvalue weighted by atomic mass is 16.5. The normalized spacial score (nSPS) is 10.2. The zero-order valence-corrected chi connectivity index (χ0v) is 12.5. The van der Waals surface area contributed by atoms with Gasteiger partial charge >= 0.3 is 5.97 Å². The molecule has 0 aliphatic carbocycles. The van der Waals surface area contributed by atoms with E-state index in [2.05, 4.69) is 30.9 Å². The minimum atomic E-state index is -0.183. The summed E-state index contributed by atoms with van der Waals surface area (Å²) in [5, 5.41) is 0. The predicted octanol–water partition coefficient (Wildman–Crippen LogP) is 4.64. The second kappa shape index (κ2) is 14.8. The van der Waals surface area contributed by atoms with Crippen molar-refractivity contribution in [1.82, 2.24) is 0 Å². The van der Waals surface area contributed by atoms with Crippen molar-refractivity contribution in [2.75, 3.05) is 6.61 Å². The standard InChI is InChI=1S/C17H28O2/c1-3-4-5-6-7-8-9-10-11-12-13-14-15-16-19-17(2)18/h6-7H,3-5,8,11-16H2,1-2H3/b7-6-. The molecular formula is C17H28O2. The van der Waals surface area contributed by atoms with E-state index >= 15 is 0 Å². The Labute approximate surface area is 118 Å². The van der Waals surface area contributed by atoms with E-state index in [0.29, 0.717) is 6.61 Å². The van der Waals surface area contributed by atoms with E-state index in [-0.39, 0.29) is 5.97 Å². The van der Waals surface area contributed by atoms with Crippen molar-refractivity contribution in [2.24, 2.45) is 0 Å². The van der Waals surface area contributed by atoms with Crippen molar-refractivity contribution in [1.29, 1.82) is 0 Å². The summed E-state index contributed by atoms with van der Waals surface area (Å²) in [6.07, 6.45) is 14.4. The number of allylic oxidation sites excluding steroid dienone is 2. The first-order valence-corrected chi connectivity index (χ1v) is 7.51. The molecular weight excluding hydrogens is 236 g/mol. The second-order valence-corrected chi connectivity index (χ2v) is 4.68. The van der Waals surface area contributed by atoms with Crippen LogP contribution in [0.1, 0.15) is 71.6 Å². The van der Waals surface area contributed by atoms with Crippen LogP contribution in [-0.2, 0) is 9.53 Å². The molecule has 0 aliphatic heterocycles. The molecule has 0 heterocycles. The van der Waals surface area contributed by atoms with Crippen molar-refractivity contribution in [2.45, 2.75) is 71.6 Å². The maximum Gasteiger partial charge on any atom is 0.302 e. The van der Waals surface area contributed by atoms with Crippen LogP contribution in [-0.4, -0.2) is 12.6 Å². The SMILES string of the molecule is CCCC/C=C\CC#CCCCCCCOC(C)=O. The quantitative estimate of drug-likeness (QED) is 0.249. The Kier molecular flexibility index (Phi) is 13.9.